The SMILES string of the molecule is COCCNS(=O)(=O)N1CCNC(=O)C1(C)C. The number of hydrogen-bond acceptors (Lipinski definition) is 4. The molecular weight excluding hydrogens is 246 g/mol. The summed E-state index contributed by atoms with van der Waals surface area (Å²) >= 11 is 0. The Morgan fingerprint density at radius 2 is 2.18 bits per heavy atom. The van der Waals surface area contributed by atoms with E-state index >= 15 is 0 Å². The minimum Gasteiger partial charge on any atom is -0.383 e. The van der Waals surface area contributed by atoms with Crippen molar-refractivity contribution in [3.8, 4) is 0 Å². The first-order valence-electron chi connectivity index (χ1n) is 5.37. The molecular formula is C9H19N3O4S. The van der Waals surface area contributed by atoms with Crippen molar-refractivity contribution in [3.63, 3.8) is 0 Å². The molecule has 0 aromatic rings. The van der Waals surface area contributed by atoms with Gasteiger partial charge in [-0.25, -0.2) is 0 Å². The van der Waals surface area contributed by atoms with Crippen LogP contribution in [0.4, 0.5) is 0 Å². The van der Waals surface area contributed by atoms with E-state index in [1.54, 1.807) is 13.8 Å². The quantitative estimate of drug-likeness (QED) is 0.603. The highest BCUT2D eigenvalue weighted by molar-refractivity contribution is 7.87. The van der Waals surface area contributed by atoms with E-state index in [0.29, 0.717) is 13.2 Å². The van der Waals surface area contributed by atoms with Crippen molar-refractivity contribution in [3.05, 3.63) is 0 Å². The van der Waals surface area contributed by atoms with Gasteiger partial charge in [-0.3, -0.25) is 4.79 Å². The van der Waals surface area contributed by atoms with Gasteiger partial charge >= 0.3 is 0 Å². The summed E-state index contributed by atoms with van der Waals surface area (Å²) in [6, 6.07) is 0. The molecule has 0 radical (unpaired) electrons. The van der Waals surface area contributed by atoms with Crippen LogP contribution in [0.3, 0.4) is 0 Å². The number of piperazine rings is 1. The first-order valence-corrected chi connectivity index (χ1v) is 6.81. The molecule has 1 rings (SSSR count). The van der Waals surface area contributed by atoms with Gasteiger partial charge in [-0.05, 0) is 13.8 Å². The van der Waals surface area contributed by atoms with Gasteiger partial charge in [0.15, 0.2) is 0 Å². The molecule has 1 fully saturated rings. The van der Waals surface area contributed by atoms with E-state index in [2.05, 4.69) is 10.0 Å². The van der Waals surface area contributed by atoms with Gasteiger partial charge in [0.1, 0.15) is 5.54 Å². The maximum absolute atomic E-state index is 12.0. The van der Waals surface area contributed by atoms with E-state index in [4.69, 9.17) is 4.74 Å². The summed E-state index contributed by atoms with van der Waals surface area (Å²) in [6.45, 7) is 4.23. The van der Waals surface area contributed by atoms with E-state index in [1.807, 2.05) is 0 Å². The van der Waals surface area contributed by atoms with Crippen LogP contribution in [0.2, 0.25) is 0 Å². The Kier molecular flexibility index (Phi) is 4.48. The second kappa shape index (κ2) is 5.30. The smallest absolute Gasteiger partial charge is 0.280 e. The van der Waals surface area contributed by atoms with Crippen LogP contribution in [0.1, 0.15) is 13.8 Å². The van der Waals surface area contributed by atoms with Crippen molar-refractivity contribution >= 4 is 16.1 Å². The third-order valence-electron chi connectivity index (χ3n) is 2.66. The number of nitrogens with one attached hydrogen (secondary N) is 2. The zero-order chi connectivity index (χ0) is 13.1. The lowest BCUT2D eigenvalue weighted by Crippen LogP contribution is -2.65. The lowest BCUT2D eigenvalue weighted by Gasteiger charge is -2.39. The Balaban J connectivity index is 2.79. The van der Waals surface area contributed by atoms with Gasteiger partial charge in [-0.2, -0.15) is 17.4 Å². The summed E-state index contributed by atoms with van der Waals surface area (Å²) in [4.78, 5) is 11.6. The molecule has 1 aliphatic heterocycles. The molecule has 0 unspecified atom stereocenters. The normalized spacial score (nSPS) is 21.2. The van der Waals surface area contributed by atoms with E-state index < -0.39 is 15.7 Å². The second-order valence-electron chi connectivity index (χ2n) is 4.28. The maximum atomic E-state index is 12.0. The zero-order valence-corrected chi connectivity index (χ0v) is 11.1. The Hall–Kier alpha value is -0.700. The molecule has 0 aliphatic carbocycles. The lowest BCUT2D eigenvalue weighted by atomic mass is 10.0. The molecule has 17 heavy (non-hydrogen) atoms. The fourth-order valence-electron chi connectivity index (χ4n) is 1.65. The number of carbonyl (C=O) groups excluding carboxylic acids is 1. The van der Waals surface area contributed by atoms with Crippen molar-refractivity contribution < 1.29 is 17.9 Å². The number of methoxy groups -OCH3 is 1. The molecule has 1 saturated heterocycles. The standard InChI is InChI=1S/C9H19N3O4S/c1-9(2)8(13)10-4-6-12(9)17(14,15)11-5-7-16-3/h11H,4-7H2,1-3H3,(H,10,13). The Morgan fingerprint density at radius 3 is 2.76 bits per heavy atom. The van der Waals surface area contributed by atoms with Gasteiger partial charge in [-0.15, -0.1) is 0 Å². The first kappa shape index (κ1) is 14.4. The van der Waals surface area contributed by atoms with Crippen LogP contribution in [0.15, 0.2) is 0 Å². The number of hydrogen-bond donors (Lipinski definition) is 2. The molecule has 0 spiro atoms. The predicted molar refractivity (Wildman–Crippen MR) is 62.6 cm³/mol. The monoisotopic (exact) mass is 265 g/mol. The molecule has 0 aromatic carbocycles. The highest BCUT2D eigenvalue weighted by Crippen LogP contribution is 2.20. The average Bonchev–Trinajstić information content (AvgIpc) is 2.22. The van der Waals surface area contributed by atoms with Crippen molar-refractivity contribution in [2.75, 3.05) is 33.4 Å². The summed E-state index contributed by atoms with van der Waals surface area (Å²) in [5.74, 6) is -0.291. The highest BCUT2D eigenvalue weighted by Gasteiger charge is 2.44. The van der Waals surface area contributed by atoms with E-state index in [0.717, 1.165) is 0 Å². The predicted octanol–water partition coefficient (Wildman–Crippen LogP) is -1.32. The highest BCUT2D eigenvalue weighted by atomic mass is 32.2. The van der Waals surface area contributed by atoms with Crippen LogP contribution in [-0.4, -0.2) is 57.5 Å². The largest absolute Gasteiger partial charge is 0.383 e. The minimum absolute atomic E-state index is 0.188. The van der Waals surface area contributed by atoms with E-state index in [9.17, 15) is 13.2 Å². The fraction of sp³-hybridized carbons (Fsp3) is 0.889. The van der Waals surface area contributed by atoms with E-state index in [-0.39, 0.29) is 19.0 Å². The third kappa shape index (κ3) is 3.15. The number of rotatable bonds is 5. The molecule has 1 aliphatic rings. The lowest BCUT2D eigenvalue weighted by molar-refractivity contribution is -0.131. The van der Waals surface area contributed by atoms with Gasteiger partial charge in [-0.1, -0.05) is 0 Å². The summed E-state index contributed by atoms with van der Waals surface area (Å²) in [5.41, 5.74) is -1.07. The number of nitrogens with zero attached hydrogens (tertiary/aromatic N) is 1. The van der Waals surface area contributed by atoms with Crippen molar-refractivity contribution in [1.29, 1.82) is 0 Å². The van der Waals surface area contributed by atoms with Crippen LogP contribution < -0.4 is 10.0 Å². The van der Waals surface area contributed by atoms with E-state index in [1.165, 1.54) is 11.4 Å². The van der Waals surface area contributed by atoms with Gasteiger partial charge in [0, 0.05) is 26.7 Å². The first-order chi connectivity index (χ1) is 7.82. The third-order valence-corrected chi connectivity index (χ3v) is 4.45. The fourth-order valence-corrected chi connectivity index (χ4v) is 3.16. The molecule has 0 saturated carbocycles. The summed E-state index contributed by atoms with van der Waals surface area (Å²) < 4.78 is 32.3. The van der Waals surface area contributed by atoms with Crippen LogP contribution >= 0.6 is 0 Å². The Morgan fingerprint density at radius 1 is 1.53 bits per heavy atom. The van der Waals surface area contributed by atoms with Crippen LogP contribution in [-0.2, 0) is 19.7 Å². The Bertz CT molecular complexity index is 380. The summed E-state index contributed by atoms with van der Waals surface area (Å²) in [5, 5.41) is 2.64. The zero-order valence-electron chi connectivity index (χ0n) is 10.3. The molecule has 100 valence electrons. The summed E-state index contributed by atoms with van der Waals surface area (Å²) in [6.07, 6.45) is 0. The molecule has 0 atom stereocenters. The van der Waals surface area contributed by atoms with Crippen molar-refractivity contribution in [1.82, 2.24) is 14.3 Å². The van der Waals surface area contributed by atoms with Gasteiger partial charge in [0.05, 0.1) is 6.61 Å². The molecule has 8 heteroatoms. The maximum Gasteiger partial charge on any atom is 0.280 e. The number of amides is 1. The molecule has 1 heterocycles. The average molecular weight is 265 g/mol. The number of ether oxygens (including phenoxy) is 1. The van der Waals surface area contributed by atoms with Crippen molar-refractivity contribution in [2.24, 2.45) is 0 Å². The van der Waals surface area contributed by atoms with Crippen LogP contribution in [0.5, 0.6) is 0 Å². The molecule has 0 bridgehead atoms. The topological polar surface area (TPSA) is 87.7 Å². The second-order valence-corrected chi connectivity index (χ2v) is 5.96. The molecule has 0 aromatic heterocycles. The molecule has 1 amide bonds. The van der Waals surface area contributed by atoms with Gasteiger partial charge in [0.25, 0.3) is 10.2 Å². The molecule has 2 N–H and O–H groups in total. The van der Waals surface area contributed by atoms with Crippen LogP contribution in [0.25, 0.3) is 0 Å². The summed E-state index contributed by atoms with van der Waals surface area (Å²) in [7, 11) is -2.16. The van der Waals surface area contributed by atoms with Crippen LogP contribution in [0, 0.1) is 0 Å². The number of carbonyl (C=O) groups is 1. The van der Waals surface area contributed by atoms with Crippen molar-refractivity contribution in [2.45, 2.75) is 19.4 Å². The minimum atomic E-state index is -3.65. The molecule has 7 nitrogen and oxygen atoms in total. The van der Waals surface area contributed by atoms with Gasteiger partial charge < -0.3 is 10.1 Å². The Labute approximate surface area is 102 Å². The van der Waals surface area contributed by atoms with Gasteiger partial charge in [0.2, 0.25) is 5.91 Å².